The summed E-state index contributed by atoms with van der Waals surface area (Å²) in [4.78, 5) is 25.9. The van der Waals surface area contributed by atoms with Gasteiger partial charge in [0.25, 0.3) is 0 Å². The molecule has 0 aromatic carbocycles. The number of hydrogen-bond acceptors (Lipinski definition) is 4. The SMILES string of the molecule is C=C/C(Cl)=C(F)\C=C\OCC(=O)N[PH]12CCC(C(=O)NCC3C4=C5CCC(=C3CC4)C5C(F)(F)F)(CC1O)C2. The van der Waals surface area contributed by atoms with Crippen molar-refractivity contribution in [2.24, 2.45) is 17.3 Å². The Morgan fingerprint density at radius 1 is 1.18 bits per heavy atom. The predicted molar refractivity (Wildman–Crippen MR) is 142 cm³/mol. The summed E-state index contributed by atoms with van der Waals surface area (Å²) in [5.41, 5.74) is 1.89. The van der Waals surface area contributed by atoms with Crippen LogP contribution in [0.5, 0.6) is 0 Å². The molecular weight excluding hydrogens is 559 g/mol. The summed E-state index contributed by atoms with van der Waals surface area (Å²) in [5, 5.41) is 16.6. The molecule has 39 heavy (non-hydrogen) atoms. The van der Waals surface area contributed by atoms with Crippen LogP contribution < -0.4 is 10.4 Å². The minimum absolute atomic E-state index is 0.169. The first-order valence-electron chi connectivity index (χ1n) is 13.1. The number of hydrogen-bond donors (Lipinski definition) is 3. The average Bonchev–Trinajstić information content (AvgIpc) is 3.59. The molecular formula is C27H32ClF4N2O4P. The van der Waals surface area contributed by atoms with Crippen LogP contribution in [0, 0.1) is 17.3 Å². The Morgan fingerprint density at radius 3 is 2.41 bits per heavy atom. The van der Waals surface area contributed by atoms with Gasteiger partial charge in [0.05, 0.1) is 0 Å². The number of fused-ring (bicyclic) bond motifs is 6. The van der Waals surface area contributed by atoms with Gasteiger partial charge in [-0.05, 0) is 0 Å². The van der Waals surface area contributed by atoms with Crippen molar-refractivity contribution in [3.05, 3.63) is 58.1 Å². The molecule has 0 aromatic heterocycles. The molecule has 5 aliphatic rings. The third-order valence-corrected chi connectivity index (χ3v) is 14.3. The van der Waals surface area contributed by atoms with Gasteiger partial charge < -0.3 is 0 Å². The summed E-state index contributed by atoms with van der Waals surface area (Å²) in [6.45, 7) is 3.23. The van der Waals surface area contributed by atoms with E-state index in [1.54, 1.807) is 0 Å². The number of rotatable bonds is 9. The van der Waals surface area contributed by atoms with Gasteiger partial charge in [0.1, 0.15) is 0 Å². The molecule has 4 fully saturated rings. The summed E-state index contributed by atoms with van der Waals surface area (Å²) in [7, 11) is -2.74. The number of halogens is 5. The van der Waals surface area contributed by atoms with Crippen LogP contribution in [0.1, 0.15) is 38.5 Å². The molecule has 3 aliphatic carbocycles. The molecule has 0 spiro atoms. The molecule has 2 saturated heterocycles. The van der Waals surface area contributed by atoms with Crippen LogP contribution in [-0.4, -0.2) is 54.4 Å². The topological polar surface area (TPSA) is 87.7 Å². The number of aliphatic hydroxyl groups is 1. The number of carbonyl (C=O) groups excluding carboxylic acids is 2. The van der Waals surface area contributed by atoms with Crippen LogP contribution in [-0.2, 0) is 14.3 Å². The molecule has 0 aromatic rings. The number of alkyl halides is 3. The van der Waals surface area contributed by atoms with Crippen LogP contribution in [0.2, 0.25) is 0 Å². The fourth-order valence-electron chi connectivity index (χ4n) is 7.55. The second-order valence-electron chi connectivity index (χ2n) is 11.2. The van der Waals surface area contributed by atoms with E-state index in [0.717, 1.165) is 29.6 Å². The van der Waals surface area contributed by atoms with Gasteiger partial charge in [0.15, 0.2) is 0 Å². The van der Waals surface area contributed by atoms with Crippen molar-refractivity contribution >= 4 is 30.8 Å². The average molecular weight is 591 g/mol. The monoisotopic (exact) mass is 590 g/mol. The van der Waals surface area contributed by atoms with Crippen molar-refractivity contribution < 1.29 is 37.0 Å². The van der Waals surface area contributed by atoms with Gasteiger partial charge in [-0.1, -0.05) is 0 Å². The van der Waals surface area contributed by atoms with Gasteiger partial charge >= 0.3 is 230 Å². The number of carbonyl (C=O) groups is 2. The van der Waals surface area contributed by atoms with E-state index in [2.05, 4.69) is 17.0 Å². The second kappa shape index (κ2) is 10.3. The Morgan fingerprint density at radius 2 is 1.82 bits per heavy atom. The molecule has 214 valence electrons. The van der Waals surface area contributed by atoms with Crippen molar-refractivity contribution in [2.75, 3.05) is 25.5 Å². The molecule has 2 aliphatic heterocycles. The first-order chi connectivity index (χ1) is 18.4. The van der Waals surface area contributed by atoms with Crippen molar-refractivity contribution in [2.45, 2.75) is 50.5 Å². The van der Waals surface area contributed by atoms with Crippen molar-refractivity contribution in [3.8, 4) is 0 Å². The molecule has 12 heteroatoms. The van der Waals surface area contributed by atoms with E-state index in [-0.39, 0.29) is 36.4 Å². The van der Waals surface area contributed by atoms with Gasteiger partial charge in [0.2, 0.25) is 0 Å². The molecule has 2 heterocycles. The predicted octanol–water partition coefficient (Wildman–Crippen LogP) is 5.12. The standard InChI is InChI=1S/C27H32ClF4N2O4P/c1-2-20(28)21(29)7-9-38-13-22(35)34-39-10-8-26(14-39,11-23(39)36)25(37)33-12-19-15-3-4-16(19)18-6-5-17(15)24(18)27(30,31)32/h2,7,9,19,23-24,36,39H,1,3-6,8,10-14H2,(H,33,37)(H,34,35)/b9-7+,21-20-. The fraction of sp³-hybridized carbons (Fsp3) is 0.556. The molecule has 0 radical (unpaired) electrons. The van der Waals surface area contributed by atoms with Crippen molar-refractivity contribution in [1.82, 2.24) is 10.4 Å². The summed E-state index contributed by atoms with van der Waals surface area (Å²) >= 11 is 5.59. The van der Waals surface area contributed by atoms with Gasteiger partial charge in [-0.3, -0.25) is 0 Å². The van der Waals surface area contributed by atoms with Gasteiger partial charge in [0, 0.05) is 0 Å². The van der Waals surface area contributed by atoms with E-state index < -0.39 is 42.5 Å². The van der Waals surface area contributed by atoms with Gasteiger partial charge in [-0.25, -0.2) is 0 Å². The van der Waals surface area contributed by atoms with E-state index >= 15 is 0 Å². The third-order valence-electron chi connectivity index (χ3n) is 9.21. The number of ether oxygens (including phenoxy) is 1. The second-order valence-corrected chi connectivity index (χ2v) is 15.7. The van der Waals surface area contributed by atoms with Gasteiger partial charge in [-0.2, -0.15) is 0 Å². The molecule has 2 amide bonds. The summed E-state index contributed by atoms with van der Waals surface area (Å²) < 4.78 is 59.8. The molecule has 2 atom stereocenters. The fourth-order valence-corrected chi connectivity index (χ4v) is 12.8. The minimum atomic E-state index is -4.27. The molecule has 2 saturated carbocycles. The first-order valence-corrected chi connectivity index (χ1v) is 16.0. The van der Waals surface area contributed by atoms with E-state index in [1.165, 1.54) is 0 Å². The molecule has 3 N–H and O–H groups in total. The van der Waals surface area contributed by atoms with Gasteiger partial charge in [-0.15, -0.1) is 0 Å². The van der Waals surface area contributed by atoms with Crippen molar-refractivity contribution in [3.63, 3.8) is 0 Å². The molecule has 6 bridgehead atoms. The zero-order valence-corrected chi connectivity index (χ0v) is 23.1. The molecule has 2 unspecified atom stereocenters. The Kier molecular flexibility index (Phi) is 7.53. The zero-order valence-electron chi connectivity index (χ0n) is 21.3. The van der Waals surface area contributed by atoms with Crippen LogP contribution in [0.3, 0.4) is 0 Å². The van der Waals surface area contributed by atoms with Crippen LogP contribution >= 0.6 is 19.0 Å². The summed E-state index contributed by atoms with van der Waals surface area (Å²) in [6, 6.07) is 0. The quantitative estimate of drug-likeness (QED) is 0.114. The first kappa shape index (κ1) is 28.4. The Bertz CT molecular complexity index is 1200. The van der Waals surface area contributed by atoms with E-state index in [4.69, 9.17) is 16.3 Å². The van der Waals surface area contributed by atoms with Crippen LogP contribution in [0.15, 0.2) is 58.1 Å². The van der Waals surface area contributed by atoms with Crippen molar-refractivity contribution in [1.29, 1.82) is 0 Å². The van der Waals surface area contributed by atoms with E-state index in [1.807, 2.05) is 0 Å². The normalized spacial score (nSPS) is 32.0. The Hall–Kier alpha value is -2.16. The molecule has 6 nitrogen and oxygen atoms in total. The summed E-state index contributed by atoms with van der Waals surface area (Å²) in [5.74, 6) is -3.84. The number of aliphatic hydroxyl groups excluding tert-OH is 1. The third kappa shape index (κ3) is 4.97. The van der Waals surface area contributed by atoms with E-state index in [0.29, 0.717) is 55.6 Å². The molecule has 5 rings (SSSR count). The summed E-state index contributed by atoms with van der Waals surface area (Å²) in [6.07, 6.45) is 2.65. The number of allylic oxidation sites excluding steroid dienone is 6. The van der Waals surface area contributed by atoms with Crippen LogP contribution in [0.25, 0.3) is 0 Å². The Balaban J connectivity index is 1.18. The number of amides is 2. The Labute approximate surface area is 229 Å². The van der Waals surface area contributed by atoms with Crippen LogP contribution in [0.4, 0.5) is 17.6 Å². The van der Waals surface area contributed by atoms with E-state index in [9.17, 15) is 32.3 Å². The maximum absolute atomic E-state index is 13.7. The maximum atomic E-state index is 13.7. The number of nitrogens with one attached hydrogen (secondary N) is 2. The zero-order chi connectivity index (χ0) is 28.2.